The molecule has 0 N–H and O–H groups in total. The van der Waals surface area contributed by atoms with Crippen molar-refractivity contribution in [3.8, 4) is 5.75 Å². The van der Waals surface area contributed by atoms with Gasteiger partial charge in [0, 0.05) is 5.39 Å². The lowest BCUT2D eigenvalue weighted by atomic mass is 10.0. The van der Waals surface area contributed by atoms with Gasteiger partial charge in [0.05, 0.1) is 0 Å². The van der Waals surface area contributed by atoms with Crippen LogP contribution in [-0.4, -0.2) is 13.9 Å². The lowest BCUT2D eigenvalue weighted by Crippen LogP contribution is -2.28. The molecule has 120 valence electrons. The van der Waals surface area contributed by atoms with Gasteiger partial charge >= 0.3 is 15.6 Å². The summed E-state index contributed by atoms with van der Waals surface area (Å²) in [6.45, 7) is 1.98. The number of hydrogen-bond donors (Lipinski definition) is 0. The molecule has 0 aliphatic rings. The van der Waals surface area contributed by atoms with Gasteiger partial charge in [-0.3, -0.25) is 0 Å². The van der Waals surface area contributed by atoms with E-state index in [1.807, 2.05) is 6.92 Å². The van der Waals surface area contributed by atoms with Gasteiger partial charge in [-0.1, -0.05) is 37.6 Å². The van der Waals surface area contributed by atoms with Crippen LogP contribution in [0.3, 0.4) is 0 Å². The minimum absolute atomic E-state index is 0.00488. The number of alkyl halides is 3. The third-order valence-electron chi connectivity index (χ3n) is 3.00. The molecule has 0 aliphatic heterocycles. The Morgan fingerprint density at radius 3 is 2.41 bits per heavy atom. The van der Waals surface area contributed by atoms with Crippen molar-refractivity contribution in [1.29, 1.82) is 0 Å². The number of benzene rings is 2. The normalized spacial score (nSPS) is 12.6. The highest BCUT2D eigenvalue weighted by molar-refractivity contribution is 7.88. The monoisotopic (exact) mass is 336 g/mol. The SMILES string of the molecule is CCCc1ccc2c(F)c(OS(=O)(=O)C(F)(F)F)ccc2c1. The number of halogens is 4. The molecule has 8 heteroatoms. The average molecular weight is 336 g/mol. The van der Waals surface area contributed by atoms with Crippen molar-refractivity contribution in [2.45, 2.75) is 25.3 Å². The predicted octanol–water partition coefficient (Wildman–Crippen LogP) is 4.16. The highest BCUT2D eigenvalue weighted by Gasteiger charge is 2.48. The lowest BCUT2D eigenvalue weighted by Gasteiger charge is -2.11. The van der Waals surface area contributed by atoms with Crippen LogP contribution >= 0.6 is 0 Å². The maximum absolute atomic E-state index is 14.1. The van der Waals surface area contributed by atoms with Crippen LogP contribution in [0.2, 0.25) is 0 Å². The molecule has 22 heavy (non-hydrogen) atoms. The predicted molar refractivity (Wildman–Crippen MR) is 73.5 cm³/mol. The van der Waals surface area contributed by atoms with Gasteiger partial charge < -0.3 is 4.18 Å². The van der Waals surface area contributed by atoms with Crippen LogP contribution in [0.15, 0.2) is 30.3 Å². The molecule has 0 fully saturated rings. The summed E-state index contributed by atoms with van der Waals surface area (Å²) in [5.74, 6) is -2.12. The minimum Gasteiger partial charge on any atom is -0.373 e. The number of fused-ring (bicyclic) bond motifs is 1. The smallest absolute Gasteiger partial charge is 0.373 e. The fourth-order valence-corrected chi connectivity index (χ4v) is 2.45. The molecule has 0 amide bonds. The van der Waals surface area contributed by atoms with E-state index in [4.69, 9.17) is 0 Å². The maximum Gasteiger partial charge on any atom is 0.534 e. The van der Waals surface area contributed by atoms with Crippen molar-refractivity contribution in [3.05, 3.63) is 41.7 Å². The first-order chi connectivity index (χ1) is 10.2. The molecule has 3 nitrogen and oxygen atoms in total. The van der Waals surface area contributed by atoms with E-state index in [-0.39, 0.29) is 5.39 Å². The first-order valence-electron chi connectivity index (χ1n) is 6.37. The van der Waals surface area contributed by atoms with Crippen LogP contribution in [0.25, 0.3) is 10.8 Å². The Morgan fingerprint density at radius 2 is 1.82 bits per heavy atom. The van der Waals surface area contributed by atoms with Crippen molar-refractivity contribution < 1.29 is 30.2 Å². The second-order valence-corrected chi connectivity index (χ2v) is 6.20. The van der Waals surface area contributed by atoms with Crippen molar-refractivity contribution in [1.82, 2.24) is 0 Å². The first kappa shape index (κ1) is 16.5. The Bertz CT molecular complexity index is 798. The Morgan fingerprint density at radius 1 is 1.14 bits per heavy atom. The zero-order valence-corrected chi connectivity index (χ0v) is 12.3. The third kappa shape index (κ3) is 3.16. The van der Waals surface area contributed by atoms with Crippen LogP contribution in [0.4, 0.5) is 17.6 Å². The van der Waals surface area contributed by atoms with Gasteiger partial charge in [0.1, 0.15) is 0 Å². The summed E-state index contributed by atoms with van der Waals surface area (Å²) in [4.78, 5) is 0. The first-order valence-corrected chi connectivity index (χ1v) is 7.78. The molecular formula is C14H12F4O3S. The Balaban J connectivity index is 2.46. The third-order valence-corrected chi connectivity index (χ3v) is 3.97. The van der Waals surface area contributed by atoms with Gasteiger partial charge in [-0.15, -0.1) is 0 Å². The summed E-state index contributed by atoms with van der Waals surface area (Å²) < 4.78 is 76.7. The van der Waals surface area contributed by atoms with Crippen LogP contribution in [0, 0.1) is 5.82 Å². The fraction of sp³-hybridized carbons (Fsp3) is 0.286. The van der Waals surface area contributed by atoms with Crippen LogP contribution in [-0.2, 0) is 16.5 Å². The average Bonchev–Trinajstić information content (AvgIpc) is 2.41. The summed E-state index contributed by atoms with van der Waals surface area (Å²) in [5, 5.41) is 0.454. The second-order valence-electron chi connectivity index (χ2n) is 4.67. The molecule has 2 aromatic rings. The number of aryl methyl sites for hydroxylation is 1. The highest BCUT2D eigenvalue weighted by Crippen LogP contribution is 2.32. The molecule has 0 bridgehead atoms. The zero-order valence-electron chi connectivity index (χ0n) is 11.4. The van der Waals surface area contributed by atoms with Gasteiger partial charge in [-0.2, -0.15) is 21.6 Å². The van der Waals surface area contributed by atoms with Crippen molar-refractivity contribution in [2.75, 3.05) is 0 Å². The summed E-state index contributed by atoms with van der Waals surface area (Å²) in [6, 6.07) is 6.92. The van der Waals surface area contributed by atoms with Crippen molar-refractivity contribution >= 4 is 20.9 Å². The standard InChI is InChI=1S/C14H12F4O3S/c1-2-3-9-4-6-11-10(8-9)5-7-12(13(11)15)21-22(19,20)14(16,17)18/h4-8H,2-3H2,1H3. The summed E-state index contributed by atoms with van der Waals surface area (Å²) in [5.41, 5.74) is -4.66. The number of rotatable bonds is 4. The quantitative estimate of drug-likeness (QED) is 0.478. The highest BCUT2D eigenvalue weighted by atomic mass is 32.2. The van der Waals surface area contributed by atoms with E-state index in [1.165, 1.54) is 12.1 Å². The Labute approximate surface area is 124 Å². The molecule has 2 aromatic carbocycles. The van der Waals surface area contributed by atoms with Crippen molar-refractivity contribution in [2.24, 2.45) is 0 Å². The molecule has 0 unspecified atom stereocenters. The van der Waals surface area contributed by atoms with E-state index in [0.29, 0.717) is 5.39 Å². The molecule has 0 heterocycles. The minimum atomic E-state index is -5.90. The molecule has 0 aliphatic carbocycles. The molecule has 0 saturated heterocycles. The summed E-state index contributed by atoms with van der Waals surface area (Å²) >= 11 is 0. The number of hydrogen-bond acceptors (Lipinski definition) is 3. The van der Waals surface area contributed by atoms with Crippen LogP contribution in [0.5, 0.6) is 5.75 Å². The van der Waals surface area contributed by atoms with E-state index in [0.717, 1.165) is 24.5 Å². The molecule has 0 saturated carbocycles. The molecule has 0 spiro atoms. The van der Waals surface area contributed by atoms with Crippen LogP contribution < -0.4 is 4.18 Å². The van der Waals surface area contributed by atoms with E-state index < -0.39 is 27.2 Å². The molecule has 0 atom stereocenters. The zero-order chi connectivity index (χ0) is 16.5. The van der Waals surface area contributed by atoms with Crippen LogP contribution in [0.1, 0.15) is 18.9 Å². The Hall–Kier alpha value is -1.83. The largest absolute Gasteiger partial charge is 0.534 e. The molecule has 0 aromatic heterocycles. The van der Waals surface area contributed by atoms with Gasteiger partial charge in [0.15, 0.2) is 11.6 Å². The topological polar surface area (TPSA) is 43.4 Å². The van der Waals surface area contributed by atoms with Crippen molar-refractivity contribution in [3.63, 3.8) is 0 Å². The molecule has 0 radical (unpaired) electrons. The van der Waals surface area contributed by atoms with Gasteiger partial charge in [-0.05, 0) is 23.4 Å². The summed E-state index contributed by atoms with van der Waals surface area (Å²) in [7, 11) is -5.90. The van der Waals surface area contributed by atoms with Gasteiger partial charge in [0.2, 0.25) is 0 Å². The Kier molecular flexibility index (Phi) is 4.32. The van der Waals surface area contributed by atoms with E-state index in [2.05, 4.69) is 4.18 Å². The molecule has 2 rings (SSSR count). The van der Waals surface area contributed by atoms with Gasteiger partial charge in [-0.25, -0.2) is 4.39 Å². The summed E-state index contributed by atoms with van der Waals surface area (Å²) in [6.07, 6.45) is 1.66. The fourth-order valence-electron chi connectivity index (χ4n) is 2.00. The second kappa shape index (κ2) is 5.75. The molecular weight excluding hydrogens is 324 g/mol. The lowest BCUT2D eigenvalue weighted by molar-refractivity contribution is -0.0500. The van der Waals surface area contributed by atoms with E-state index >= 15 is 0 Å². The maximum atomic E-state index is 14.1. The van der Waals surface area contributed by atoms with E-state index in [1.54, 1.807) is 12.1 Å². The van der Waals surface area contributed by atoms with E-state index in [9.17, 15) is 26.0 Å². The van der Waals surface area contributed by atoms with Gasteiger partial charge in [0.25, 0.3) is 0 Å².